The van der Waals surface area contributed by atoms with Gasteiger partial charge in [0.25, 0.3) is 0 Å². The largest absolute Gasteiger partial charge is 0.492 e. The first-order valence-electron chi connectivity index (χ1n) is 7.01. The Morgan fingerprint density at radius 2 is 2.11 bits per heavy atom. The molecule has 0 amide bonds. The highest BCUT2D eigenvalue weighted by atomic mass is 79.9. The minimum absolute atomic E-state index is 0.692. The maximum atomic E-state index is 5.71. The van der Waals surface area contributed by atoms with Gasteiger partial charge in [0.2, 0.25) is 0 Å². The Kier molecular flexibility index (Phi) is 6.54. The molecule has 0 radical (unpaired) electrons. The van der Waals surface area contributed by atoms with E-state index in [-0.39, 0.29) is 0 Å². The second-order valence-corrected chi connectivity index (χ2v) is 7.34. The molecule has 2 unspecified atom stereocenters. The van der Waals surface area contributed by atoms with Crippen LogP contribution in [-0.4, -0.2) is 30.2 Å². The molecule has 2 rings (SSSR count). The second kappa shape index (κ2) is 8.18. The SMILES string of the molecule is CCSC1CCC(NCCOc2ccc(Br)cc2)C1. The van der Waals surface area contributed by atoms with Gasteiger partial charge in [0.15, 0.2) is 0 Å². The zero-order valence-corrected chi connectivity index (χ0v) is 13.8. The molecule has 1 N–H and O–H groups in total. The summed E-state index contributed by atoms with van der Waals surface area (Å²) in [6.45, 7) is 3.92. The fraction of sp³-hybridized carbons (Fsp3) is 0.600. The first kappa shape index (κ1) is 15.2. The fourth-order valence-electron chi connectivity index (χ4n) is 2.48. The minimum atomic E-state index is 0.692. The maximum absolute atomic E-state index is 5.71. The molecule has 1 aromatic carbocycles. The van der Waals surface area contributed by atoms with Crippen LogP contribution in [0, 0.1) is 0 Å². The quantitative estimate of drug-likeness (QED) is 0.753. The normalized spacial score (nSPS) is 22.6. The van der Waals surface area contributed by atoms with Crippen LogP contribution >= 0.6 is 27.7 Å². The van der Waals surface area contributed by atoms with Gasteiger partial charge in [-0.15, -0.1) is 0 Å². The average molecular weight is 344 g/mol. The molecular formula is C15H22BrNOS. The van der Waals surface area contributed by atoms with Gasteiger partial charge < -0.3 is 10.1 Å². The Hall–Kier alpha value is -0.190. The molecule has 0 saturated heterocycles. The number of benzene rings is 1. The molecule has 0 heterocycles. The van der Waals surface area contributed by atoms with Gasteiger partial charge in [0.1, 0.15) is 12.4 Å². The molecule has 0 spiro atoms. The predicted molar refractivity (Wildman–Crippen MR) is 87.2 cm³/mol. The van der Waals surface area contributed by atoms with Crippen molar-refractivity contribution in [2.45, 2.75) is 37.5 Å². The van der Waals surface area contributed by atoms with E-state index in [4.69, 9.17) is 4.74 Å². The summed E-state index contributed by atoms with van der Waals surface area (Å²) in [5.41, 5.74) is 0. The zero-order valence-electron chi connectivity index (χ0n) is 11.4. The van der Waals surface area contributed by atoms with Crippen LogP contribution in [0.1, 0.15) is 26.2 Å². The molecule has 1 aromatic rings. The van der Waals surface area contributed by atoms with Crippen LogP contribution in [0.3, 0.4) is 0 Å². The Labute approximate surface area is 128 Å². The third-order valence-electron chi connectivity index (χ3n) is 3.40. The number of halogens is 1. The molecule has 106 valence electrons. The third-order valence-corrected chi connectivity index (χ3v) is 5.17. The van der Waals surface area contributed by atoms with E-state index in [0.717, 1.165) is 28.6 Å². The summed E-state index contributed by atoms with van der Waals surface area (Å²) in [4.78, 5) is 0. The monoisotopic (exact) mass is 343 g/mol. The molecule has 0 bridgehead atoms. The fourth-order valence-corrected chi connectivity index (χ4v) is 3.88. The number of rotatable bonds is 7. The maximum Gasteiger partial charge on any atom is 0.119 e. The zero-order chi connectivity index (χ0) is 13.5. The molecule has 1 aliphatic rings. The molecular weight excluding hydrogens is 322 g/mol. The van der Waals surface area contributed by atoms with Crippen LogP contribution in [0.5, 0.6) is 5.75 Å². The van der Waals surface area contributed by atoms with Crippen molar-refractivity contribution in [3.05, 3.63) is 28.7 Å². The topological polar surface area (TPSA) is 21.3 Å². The molecule has 2 atom stereocenters. The van der Waals surface area contributed by atoms with Crippen molar-refractivity contribution in [1.82, 2.24) is 5.32 Å². The number of hydrogen-bond donors (Lipinski definition) is 1. The number of thioether (sulfide) groups is 1. The first-order chi connectivity index (χ1) is 9.28. The Morgan fingerprint density at radius 1 is 1.32 bits per heavy atom. The molecule has 2 nitrogen and oxygen atoms in total. The summed E-state index contributed by atoms with van der Waals surface area (Å²) in [6.07, 6.45) is 4.00. The average Bonchev–Trinajstić information content (AvgIpc) is 2.85. The molecule has 1 saturated carbocycles. The molecule has 0 aliphatic heterocycles. The van der Waals surface area contributed by atoms with E-state index in [9.17, 15) is 0 Å². The smallest absolute Gasteiger partial charge is 0.119 e. The van der Waals surface area contributed by atoms with Gasteiger partial charge in [0.05, 0.1) is 0 Å². The van der Waals surface area contributed by atoms with Gasteiger partial charge in [-0.1, -0.05) is 22.9 Å². The molecule has 0 aromatic heterocycles. The van der Waals surface area contributed by atoms with Gasteiger partial charge >= 0.3 is 0 Å². The standard InChI is InChI=1S/C15H22BrNOS/c1-2-19-15-8-5-13(11-15)17-9-10-18-14-6-3-12(16)4-7-14/h3-4,6-7,13,15,17H,2,5,8-11H2,1H3. The Morgan fingerprint density at radius 3 is 2.84 bits per heavy atom. The number of hydrogen-bond acceptors (Lipinski definition) is 3. The minimum Gasteiger partial charge on any atom is -0.492 e. The van der Waals surface area contributed by atoms with Crippen LogP contribution in [0.2, 0.25) is 0 Å². The van der Waals surface area contributed by atoms with Crippen molar-refractivity contribution in [3.8, 4) is 5.75 Å². The van der Waals surface area contributed by atoms with Crippen molar-refractivity contribution < 1.29 is 4.74 Å². The van der Waals surface area contributed by atoms with E-state index in [1.165, 1.54) is 25.0 Å². The lowest BCUT2D eigenvalue weighted by molar-refractivity contribution is 0.305. The van der Waals surface area contributed by atoms with Gasteiger partial charge in [-0.25, -0.2) is 0 Å². The van der Waals surface area contributed by atoms with Crippen LogP contribution < -0.4 is 10.1 Å². The predicted octanol–water partition coefficient (Wildman–Crippen LogP) is 4.09. The lowest BCUT2D eigenvalue weighted by atomic mass is 10.2. The highest BCUT2D eigenvalue weighted by Gasteiger charge is 2.23. The number of nitrogens with one attached hydrogen (secondary N) is 1. The van der Waals surface area contributed by atoms with Gasteiger partial charge in [-0.3, -0.25) is 0 Å². The van der Waals surface area contributed by atoms with Crippen molar-refractivity contribution in [2.24, 2.45) is 0 Å². The highest BCUT2D eigenvalue weighted by Crippen LogP contribution is 2.29. The Balaban J connectivity index is 1.58. The van der Waals surface area contributed by atoms with E-state index in [1.807, 2.05) is 24.3 Å². The molecule has 1 aliphatic carbocycles. The molecule has 19 heavy (non-hydrogen) atoms. The van der Waals surface area contributed by atoms with Crippen LogP contribution in [0.4, 0.5) is 0 Å². The summed E-state index contributed by atoms with van der Waals surface area (Å²) in [5.74, 6) is 2.18. The van der Waals surface area contributed by atoms with Crippen molar-refractivity contribution in [2.75, 3.05) is 18.9 Å². The first-order valence-corrected chi connectivity index (χ1v) is 8.85. The Bertz CT molecular complexity index is 371. The summed E-state index contributed by atoms with van der Waals surface area (Å²) in [5, 5.41) is 4.47. The van der Waals surface area contributed by atoms with E-state index >= 15 is 0 Å². The van der Waals surface area contributed by atoms with E-state index in [1.54, 1.807) is 0 Å². The second-order valence-electron chi connectivity index (χ2n) is 4.84. The van der Waals surface area contributed by atoms with Crippen LogP contribution in [0.15, 0.2) is 28.7 Å². The van der Waals surface area contributed by atoms with Crippen LogP contribution in [0.25, 0.3) is 0 Å². The summed E-state index contributed by atoms with van der Waals surface area (Å²) >= 11 is 5.52. The van der Waals surface area contributed by atoms with Crippen molar-refractivity contribution in [3.63, 3.8) is 0 Å². The van der Waals surface area contributed by atoms with E-state index < -0.39 is 0 Å². The lowest BCUT2D eigenvalue weighted by Crippen LogP contribution is -2.30. The van der Waals surface area contributed by atoms with Crippen LogP contribution in [-0.2, 0) is 0 Å². The van der Waals surface area contributed by atoms with E-state index in [2.05, 4.69) is 39.9 Å². The highest BCUT2D eigenvalue weighted by molar-refractivity contribution is 9.10. The molecule has 4 heteroatoms. The third kappa shape index (κ3) is 5.36. The summed E-state index contributed by atoms with van der Waals surface area (Å²) in [7, 11) is 0. The number of ether oxygens (including phenoxy) is 1. The van der Waals surface area contributed by atoms with Gasteiger partial charge in [-0.2, -0.15) is 11.8 Å². The summed E-state index contributed by atoms with van der Waals surface area (Å²) < 4.78 is 6.79. The lowest BCUT2D eigenvalue weighted by Gasteiger charge is -2.13. The van der Waals surface area contributed by atoms with Crippen molar-refractivity contribution >= 4 is 27.7 Å². The van der Waals surface area contributed by atoms with Crippen molar-refractivity contribution in [1.29, 1.82) is 0 Å². The van der Waals surface area contributed by atoms with Gasteiger partial charge in [-0.05, 0) is 49.3 Å². The summed E-state index contributed by atoms with van der Waals surface area (Å²) in [6, 6.07) is 8.69. The van der Waals surface area contributed by atoms with E-state index in [0.29, 0.717) is 6.04 Å². The molecule has 1 fully saturated rings. The van der Waals surface area contributed by atoms with Gasteiger partial charge in [0, 0.05) is 22.3 Å².